The van der Waals surface area contributed by atoms with E-state index in [1.54, 1.807) is 26.0 Å². The number of carboxylic acid groups (broad SMARTS) is 1. The largest absolute Gasteiger partial charge is 0.481 e. The lowest BCUT2D eigenvalue weighted by molar-refractivity contribution is -0.151. The summed E-state index contributed by atoms with van der Waals surface area (Å²) in [5.74, 6) is -3.98. The minimum absolute atomic E-state index is 0.151. The molecule has 0 radical (unpaired) electrons. The number of hydrogen-bond acceptors (Lipinski definition) is 3. The molecule has 4 nitrogen and oxygen atoms in total. The molecular weight excluding hydrogens is 312 g/mol. The van der Waals surface area contributed by atoms with Crippen LogP contribution in [0.25, 0.3) is 0 Å². The maximum atomic E-state index is 12.3. The highest BCUT2D eigenvalue weighted by molar-refractivity contribution is 7.99. The predicted molar refractivity (Wildman–Crippen MR) is 82.2 cm³/mol. The maximum absolute atomic E-state index is 12.3. The van der Waals surface area contributed by atoms with E-state index >= 15 is 0 Å². The van der Waals surface area contributed by atoms with E-state index in [-0.39, 0.29) is 6.42 Å². The molecule has 0 bridgehead atoms. The molecule has 0 saturated carbocycles. The Hall–Kier alpha value is -1.63. The lowest BCUT2D eigenvalue weighted by Crippen LogP contribution is -2.34. The summed E-state index contributed by atoms with van der Waals surface area (Å²) in [6.45, 7) is 3.45. The summed E-state index contributed by atoms with van der Waals surface area (Å²) >= 11 is 0.388. The molecule has 0 aliphatic rings. The minimum Gasteiger partial charge on any atom is -0.481 e. The number of hydrogen-bond donors (Lipinski definition) is 2. The number of carbonyl (C=O) groups excluding carboxylic acids is 1. The molecule has 0 aromatic heterocycles. The Morgan fingerprint density at radius 2 is 1.95 bits per heavy atom. The number of benzene rings is 1. The van der Waals surface area contributed by atoms with Crippen LogP contribution in [0.4, 0.5) is 14.5 Å². The Morgan fingerprint density at radius 3 is 2.45 bits per heavy atom. The molecule has 0 fully saturated rings. The van der Waals surface area contributed by atoms with Gasteiger partial charge in [0.1, 0.15) is 0 Å². The highest BCUT2D eigenvalue weighted by Gasteiger charge is 2.37. The van der Waals surface area contributed by atoms with E-state index in [0.717, 1.165) is 0 Å². The molecule has 0 spiro atoms. The second kappa shape index (κ2) is 8.12. The van der Waals surface area contributed by atoms with Crippen LogP contribution in [0.1, 0.15) is 33.1 Å². The number of amides is 1. The van der Waals surface area contributed by atoms with Crippen molar-refractivity contribution in [3.8, 4) is 0 Å². The van der Waals surface area contributed by atoms with Gasteiger partial charge in [-0.15, -0.1) is 0 Å². The summed E-state index contributed by atoms with van der Waals surface area (Å²) in [5.41, 5.74) is -0.721. The van der Waals surface area contributed by atoms with Crippen LogP contribution in [0.5, 0.6) is 0 Å². The van der Waals surface area contributed by atoms with Gasteiger partial charge in [0, 0.05) is 17.0 Å². The smallest absolute Gasteiger partial charge is 0.310 e. The van der Waals surface area contributed by atoms with Gasteiger partial charge in [-0.25, -0.2) is 0 Å². The van der Waals surface area contributed by atoms with Crippen LogP contribution < -0.4 is 5.32 Å². The zero-order valence-electron chi connectivity index (χ0n) is 12.4. The summed E-state index contributed by atoms with van der Waals surface area (Å²) < 4.78 is 24.7. The average molecular weight is 331 g/mol. The third-order valence-electron chi connectivity index (χ3n) is 3.65. The number of anilines is 1. The van der Waals surface area contributed by atoms with E-state index in [9.17, 15) is 23.5 Å². The molecule has 7 heteroatoms. The van der Waals surface area contributed by atoms with Crippen LogP contribution in [0.2, 0.25) is 0 Å². The molecule has 22 heavy (non-hydrogen) atoms. The first-order chi connectivity index (χ1) is 10.3. The number of aliphatic carboxylic acids is 1. The van der Waals surface area contributed by atoms with Gasteiger partial charge in [0.15, 0.2) is 0 Å². The maximum Gasteiger partial charge on any atom is 0.310 e. The molecule has 122 valence electrons. The number of halogens is 2. The first-order valence-corrected chi connectivity index (χ1v) is 7.79. The lowest BCUT2D eigenvalue weighted by atomic mass is 9.79. The number of rotatable bonds is 8. The van der Waals surface area contributed by atoms with Crippen molar-refractivity contribution in [2.75, 3.05) is 5.32 Å². The fraction of sp³-hybridized carbons (Fsp3) is 0.467. The molecule has 0 unspecified atom stereocenters. The van der Waals surface area contributed by atoms with Crippen LogP contribution in [0.15, 0.2) is 29.2 Å². The Labute approximate surface area is 132 Å². The number of carbonyl (C=O) groups is 2. The summed E-state index contributed by atoms with van der Waals surface area (Å²) in [7, 11) is 0. The summed E-state index contributed by atoms with van der Waals surface area (Å²) in [5, 5.41) is 11.9. The van der Waals surface area contributed by atoms with Crippen molar-refractivity contribution in [2.24, 2.45) is 5.41 Å². The SMILES string of the molecule is CCC(CC)(CC(=O)Nc1cccc(SC(F)F)c1)C(=O)O. The van der Waals surface area contributed by atoms with Gasteiger partial charge >= 0.3 is 5.97 Å². The third kappa shape index (κ3) is 4.98. The van der Waals surface area contributed by atoms with Gasteiger partial charge in [-0.1, -0.05) is 31.7 Å². The average Bonchev–Trinajstić information content (AvgIpc) is 2.44. The summed E-state index contributed by atoms with van der Waals surface area (Å²) in [4.78, 5) is 23.8. The van der Waals surface area contributed by atoms with Gasteiger partial charge in [-0.05, 0) is 31.0 Å². The molecule has 0 aliphatic carbocycles. The predicted octanol–water partition coefficient (Wildman–Crippen LogP) is 4.22. The van der Waals surface area contributed by atoms with Crippen molar-refractivity contribution >= 4 is 29.3 Å². The van der Waals surface area contributed by atoms with Gasteiger partial charge in [0.2, 0.25) is 5.91 Å². The summed E-state index contributed by atoms with van der Waals surface area (Å²) in [6, 6.07) is 6.10. The fourth-order valence-electron chi connectivity index (χ4n) is 2.14. The molecule has 1 aromatic rings. The molecular formula is C15H19F2NO3S. The van der Waals surface area contributed by atoms with E-state index in [2.05, 4.69) is 5.32 Å². The van der Waals surface area contributed by atoms with E-state index < -0.39 is 23.0 Å². The fourth-order valence-corrected chi connectivity index (χ4v) is 2.70. The number of thioether (sulfide) groups is 1. The van der Waals surface area contributed by atoms with Crippen molar-refractivity contribution in [3.05, 3.63) is 24.3 Å². The normalized spacial score (nSPS) is 11.5. The Balaban J connectivity index is 2.78. The van der Waals surface area contributed by atoms with Gasteiger partial charge in [-0.3, -0.25) is 9.59 Å². The van der Waals surface area contributed by atoms with Gasteiger partial charge in [0.05, 0.1) is 5.41 Å². The molecule has 0 atom stereocenters. The van der Waals surface area contributed by atoms with Gasteiger partial charge in [0.25, 0.3) is 5.76 Å². The first kappa shape index (κ1) is 18.4. The number of nitrogens with one attached hydrogen (secondary N) is 1. The lowest BCUT2D eigenvalue weighted by Gasteiger charge is -2.25. The minimum atomic E-state index is -2.54. The van der Waals surface area contributed by atoms with E-state index in [4.69, 9.17) is 0 Å². The van der Waals surface area contributed by atoms with E-state index in [1.807, 2.05) is 0 Å². The van der Waals surface area contributed by atoms with Crippen LogP contribution in [0.3, 0.4) is 0 Å². The van der Waals surface area contributed by atoms with Crippen LogP contribution >= 0.6 is 11.8 Å². The number of alkyl halides is 2. The molecule has 0 aliphatic heterocycles. The van der Waals surface area contributed by atoms with E-state index in [1.165, 1.54) is 12.1 Å². The second-order valence-electron chi connectivity index (χ2n) is 4.92. The standard InChI is InChI=1S/C15H19F2NO3S/c1-3-15(4-2,13(20)21)9-12(19)18-10-6-5-7-11(8-10)22-14(16)17/h5-8,14H,3-4,9H2,1-2H3,(H,18,19)(H,20,21). The van der Waals surface area contributed by atoms with Crippen molar-refractivity contribution < 1.29 is 23.5 Å². The van der Waals surface area contributed by atoms with E-state index in [0.29, 0.717) is 35.2 Å². The zero-order chi connectivity index (χ0) is 16.8. The highest BCUT2D eigenvalue weighted by atomic mass is 32.2. The van der Waals surface area contributed by atoms with Crippen molar-refractivity contribution in [3.63, 3.8) is 0 Å². The highest BCUT2D eigenvalue weighted by Crippen LogP contribution is 2.32. The Kier molecular flexibility index (Phi) is 6.80. The molecule has 2 N–H and O–H groups in total. The van der Waals surface area contributed by atoms with Gasteiger partial charge in [-0.2, -0.15) is 8.78 Å². The molecule has 1 aromatic carbocycles. The van der Waals surface area contributed by atoms with Crippen molar-refractivity contribution in [1.82, 2.24) is 0 Å². The monoisotopic (exact) mass is 331 g/mol. The second-order valence-corrected chi connectivity index (χ2v) is 5.99. The zero-order valence-corrected chi connectivity index (χ0v) is 13.3. The van der Waals surface area contributed by atoms with Gasteiger partial charge < -0.3 is 10.4 Å². The Bertz CT molecular complexity index is 533. The third-order valence-corrected chi connectivity index (χ3v) is 4.35. The van der Waals surface area contributed by atoms with Crippen LogP contribution in [-0.2, 0) is 9.59 Å². The summed E-state index contributed by atoms with van der Waals surface area (Å²) in [6.07, 6.45) is 0.530. The van der Waals surface area contributed by atoms with Crippen LogP contribution in [-0.4, -0.2) is 22.7 Å². The molecule has 0 heterocycles. The molecule has 1 amide bonds. The van der Waals surface area contributed by atoms with Crippen molar-refractivity contribution in [2.45, 2.75) is 43.8 Å². The molecule has 0 saturated heterocycles. The first-order valence-electron chi connectivity index (χ1n) is 6.91. The quantitative estimate of drug-likeness (QED) is 0.700. The van der Waals surface area contributed by atoms with Crippen molar-refractivity contribution in [1.29, 1.82) is 0 Å². The molecule has 1 rings (SSSR count). The van der Waals surface area contributed by atoms with Crippen LogP contribution in [0, 0.1) is 5.41 Å². The number of carboxylic acids is 1. The Morgan fingerprint density at radius 1 is 1.32 bits per heavy atom. The topological polar surface area (TPSA) is 66.4 Å².